The fourth-order valence-corrected chi connectivity index (χ4v) is 3.60. The molecule has 164 valence electrons. The number of hydrogen-bond donors (Lipinski definition) is 1. The summed E-state index contributed by atoms with van der Waals surface area (Å²) in [6, 6.07) is 2.23. The standard InChI is InChI=1S/C18H24ClF3N4O2.HI/c1-12(18(20,21)22)25-3-5-26(6-4-25)17(23-2)24-11-13-9-14(19)16-15(10-13)27-7-8-28-16;/h9-10,12H,3-8,11H2,1-2H3,(H,23,24);1H. The van der Waals surface area contributed by atoms with Crippen LogP contribution in [0.3, 0.4) is 0 Å². The molecule has 0 bridgehead atoms. The second kappa shape index (κ2) is 10.3. The third kappa shape index (κ3) is 5.94. The predicted molar refractivity (Wildman–Crippen MR) is 117 cm³/mol. The van der Waals surface area contributed by atoms with Gasteiger partial charge in [-0.3, -0.25) is 9.89 Å². The Morgan fingerprint density at radius 3 is 2.48 bits per heavy atom. The molecule has 0 radical (unpaired) electrons. The van der Waals surface area contributed by atoms with Crippen LogP contribution in [0.15, 0.2) is 17.1 Å². The van der Waals surface area contributed by atoms with Crippen molar-refractivity contribution in [2.24, 2.45) is 4.99 Å². The Kier molecular flexibility index (Phi) is 8.53. The highest BCUT2D eigenvalue weighted by Crippen LogP contribution is 2.38. The summed E-state index contributed by atoms with van der Waals surface area (Å²) in [4.78, 5) is 7.66. The quantitative estimate of drug-likeness (QED) is 0.357. The number of fused-ring (bicyclic) bond motifs is 1. The van der Waals surface area contributed by atoms with Gasteiger partial charge in [0.2, 0.25) is 0 Å². The first-order valence-electron chi connectivity index (χ1n) is 9.14. The minimum atomic E-state index is -4.21. The lowest BCUT2D eigenvalue weighted by Crippen LogP contribution is -2.56. The zero-order valence-corrected chi connectivity index (χ0v) is 19.3. The van der Waals surface area contributed by atoms with E-state index in [2.05, 4.69) is 10.3 Å². The Balaban J connectivity index is 0.00000300. The van der Waals surface area contributed by atoms with Crippen molar-refractivity contribution in [3.63, 3.8) is 0 Å². The second-order valence-corrected chi connectivity index (χ2v) is 7.15. The lowest BCUT2D eigenvalue weighted by atomic mass is 10.2. The van der Waals surface area contributed by atoms with Gasteiger partial charge in [0, 0.05) is 39.8 Å². The van der Waals surface area contributed by atoms with Gasteiger partial charge in [0.05, 0.1) is 5.02 Å². The van der Waals surface area contributed by atoms with E-state index in [-0.39, 0.29) is 24.0 Å². The van der Waals surface area contributed by atoms with E-state index in [9.17, 15) is 13.2 Å². The molecule has 2 aliphatic rings. The van der Waals surface area contributed by atoms with Crippen LogP contribution in [0.25, 0.3) is 0 Å². The number of alkyl halides is 3. The number of halogens is 5. The Morgan fingerprint density at radius 1 is 1.21 bits per heavy atom. The molecule has 1 atom stereocenters. The summed E-state index contributed by atoms with van der Waals surface area (Å²) in [6.45, 7) is 4.22. The zero-order chi connectivity index (χ0) is 20.3. The van der Waals surface area contributed by atoms with E-state index in [1.807, 2.05) is 11.0 Å². The molecule has 3 rings (SSSR count). The lowest BCUT2D eigenvalue weighted by molar-refractivity contribution is -0.181. The molecule has 0 spiro atoms. The average Bonchev–Trinajstić information content (AvgIpc) is 2.68. The van der Waals surface area contributed by atoms with Crippen molar-refractivity contribution in [1.29, 1.82) is 0 Å². The third-order valence-electron chi connectivity index (χ3n) is 4.95. The van der Waals surface area contributed by atoms with Crippen LogP contribution in [-0.2, 0) is 6.54 Å². The van der Waals surface area contributed by atoms with Gasteiger partial charge >= 0.3 is 6.18 Å². The molecule has 29 heavy (non-hydrogen) atoms. The number of rotatable bonds is 3. The van der Waals surface area contributed by atoms with Gasteiger partial charge in [0.25, 0.3) is 0 Å². The largest absolute Gasteiger partial charge is 0.486 e. The maximum absolute atomic E-state index is 12.9. The average molecular weight is 549 g/mol. The first-order chi connectivity index (χ1) is 13.3. The fraction of sp³-hybridized carbons (Fsp3) is 0.611. The second-order valence-electron chi connectivity index (χ2n) is 6.74. The van der Waals surface area contributed by atoms with Crippen LogP contribution in [0.2, 0.25) is 5.02 Å². The first-order valence-corrected chi connectivity index (χ1v) is 9.51. The maximum atomic E-state index is 12.9. The molecule has 6 nitrogen and oxygen atoms in total. The molecule has 0 aromatic heterocycles. The van der Waals surface area contributed by atoms with Crippen molar-refractivity contribution < 1.29 is 22.6 Å². The van der Waals surface area contributed by atoms with Crippen LogP contribution >= 0.6 is 35.6 Å². The number of guanidine groups is 1. The van der Waals surface area contributed by atoms with E-state index in [4.69, 9.17) is 21.1 Å². The summed E-state index contributed by atoms with van der Waals surface area (Å²) in [5, 5.41) is 3.73. The van der Waals surface area contributed by atoms with Crippen molar-refractivity contribution in [3.05, 3.63) is 22.7 Å². The molecule has 1 saturated heterocycles. The SMILES string of the molecule is CN=C(NCc1cc(Cl)c2c(c1)OCCO2)N1CCN(C(C)C(F)(F)F)CC1.I. The number of piperazine rings is 1. The minimum absolute atomic E-state index is 0. The maximum Gasteiger partial charge on any atom is 0.403 e. The molecule has 1 N–H and O–H groups in total. The number of nitrogens with one attached hydrogen (secondary N) is 1. The predicted octanol–water partition coefficient (Wildman–Crippen LogP) is 3.37. The van der Waals surface area contributed by atoms with Crippen LogP contribution < -0.4 is 14.8 Å². The van der Waals surface area contributed by atoms with Gasteiger partial charge in [-0.1, -0.05) is 11.6 Å². The summed E-state index contributed by atoms with van der Waals surface area (Å²) in [7, 11) is 1.66. The molecule has 0 amide bonds. The van der Waals surface area contributed by atoms with Crippen molar-refractivity contribution in [1.82, 2.24) is 15.1 Å². The molecular formula is C18H25ClF3IN4O2. The van der Waals surface area contributed by atoms with Crippen LogP contribution in [-0.4, -0.2) is 74.4 Å². The summed E-state index contributed by atoms with van der Waals surface area (Å²) < 4.78 is 49.8. The summed E-state index contributed by atoms with van der Waals surface area (Å²) >= 11 is 6.26. The van der Waals surface area contributed by atoms with Gasteiger partial charge < -0.3 is 19.7 Å². The molecule has 0 saturated carbocycles. The van der Waals surface area contributed by atoms with Crippen LogP contribution in [0.1, 0.15) is 12.5 Å². The summed E-state index contributed by atoms with van der Waals surface area (Å²) in [5.41, 5.74) is 0.903. The molecule has 2 heterocycles. The Labute approximate surface area is 190 Å². The van der Waals surface area contributed by atoms with Gasteiger partial charge in [0.1, 0.15) is 19.3 Å². The van der Waals surface area contributed by atoms with Gasteiger partial charge in [0.15, 0.2) is 17.5 Å². The van der Waals surface area contributed by atoms with Crippen LogP contribution in [0, 0.1) is 0 Å². The van der Waals surface area contributed by atoms with E-state index in [0.29, 0.717) is 68.4 Å². The Hall–Kier alpha value is -1.14. The molecular weight excluding hydrogens is 524 g/mol. The monoisotopic (exact) mass is 548 g/mol. The smallest absolute Gasteiger partial charge is 0.403 e. The molecule has 1 unspecified atom stereocenters. The minimum Gasteiger partial charge on any atom is -0.486 e. The molecule has 11 heteroatoms. The topological polar surface area (TPSA) is 49.3 Å². The number of benzene rings is 1. The zero-order valence-electron chi connectivity index (χ0n) is 16.3. The number of aliphatic imine (C=N–C) groups is 1. The normalized spacial score (nSPS) is 18.8. The Bertz CT molecular complexity index is 728. The van der Waals surface area contributed by atoms with E-state index >= 15 is 0 Å². The molecule has 1 aromatic rings. The molecule has 1 fully saturated rings. The first kappa shape index (κ1) is 24.1. The van der Waals surface area contributed by atoms with Gasteiger partial charge in [-0.15, -0.1) is 24.0 Å². The highest BCUT2D eigenvalue weighted by atomic mass is 127. The van der Waals surface area contributed by atoms with Crippen LogP contribution in [0.5, 0.6) is 11.5 Å². The van der Waals surface area contributed by atoms with Gasteiger partial charge in [-0.05, 0) is 24.6 Å². The number of ether oxygens (including phenoxy) is 2. The molecule has 0 aliphatic carbocycles. The Morgan fingerprint density at radius 2 is 1.86 bits per heavy atom. The third-order valence-corrected chi connectivity index (χ3v) is 5.24. The summed E-state index contributed by atoms with van der Waals surface area (Å²) in [6.07, 6.45) is -4.21. The van der Waals surface area contributed by atoms with E-state index in [1.165, 1.54) is 11.8 Å². The molecule has 1 aromatic carbocycles. The van der Waals surface area contributed by atoms with Crippen molar-refractivity contribution >= 4 is 41.5 Å². The fourth-order valence-electron chi connectivity index (χ4n) is 3.31. The van der Waals surface area contributed by atoms with E-state index in [1.54, 1.807) is 13.1 Å². The highest BCUT2D eigenvalue weighted by Gasteiger charge is 2.41. The highest BCUT2D eigenvalue weighted by molar-refractivity contribution is 14.0. The number of hydrogen-bond acceptors (Lipinski definition) is 4. The van der Waals surface area contributed by atoms with Crippen molar-refractivity contribution in [2.45, 2.75) is 25.7 Å². The number of nitrogens with zero attached hydrogens (tertiary/aromatic N) is 3. The van der Waals surface area contributed by atoms with Crippen molar-refractivity contribution in [2.75, 3.05) is 46.4 Å². The lowest BCUT2D eigenvalue weighted by Gasteiger charge is -2.39. The molecule has 2 aliphatic heterocycles. The van der Waals surface area contributed by atoms with Crippen LogP contribution in [0.4, 0.5) is 13.2 Å². The van der Waals surface area contributed by atoms with Gasteiger partial charge in [-0.25, -0.2) is 0 Å². The van der Waals surface area contributed by atoms with Crippen molar-refractivity contribution in [3.8, 4) is 11.5 Å². The van der Waals surface area contributed by atoms with Gasteiger partial charge in [-0.2, -0.15) is 13.2 Å². The van der Waals surface area contributed by atoms with E-state index in [0.717, 1.165) is 5.56 Å². The van der Waals surface area contributed by atoms with E-state index < -0.39 is 12.2 Å². The summed E-state index contributed by atoms with van der Waals surface area (Å²) in [5.74, 6) is 1.81.